The molecule has 0 spiro atoms. The third-order valence-electron chi connectivity index (χ3n) is 4.75. The second-order valence-corrected chi connectivity index (χ2v) is 5.61. The van der Waals surface area contributed by atoms with Gasteiger partial charge < -0.3 is 10.8 Å². The molecule has 0 aliphatic heterocycles. The maximum absolute atomic E-state index is 10.5. The van der Waals surface area contributed by atoms with E-state index < -0.39 is 5.60 Å². The van der Waals surface area contributed by atoms with Crippen LogP contribution in [0.3, 0.4) is 0 Å². The van der Waals surface area contributed by atoms with E-state index in [9.17, 15) is 5.11 Å². The fourth-order valence-corrected chi connectivity index (χ4v) is 3.04. The molecule has 0 aromatic carbocycles. The van der Waals surface area contributed by atoms with E-state index in [1.54, 1.807) is 0 Å². The summed E-state index contributed by atoms with van der Waals surface area (Å²) in [5, 5.41) is 10.5. The maximum Gasteiger partial charge on any atom is 0.0690 e. The summed E-state index contributed by atoms with van der Waals surface area (Å²) in [6, 6.07) is 0. The van der Waals surface area contributed by atoms with Crippen LogP contribution in [-0.4, -0.2) is 17.3 Å². The summed E-state index contributed by atoms with van der Waals surface area (Å²) < 4.78 is 0. The molecule has 2 nitrogen and oxygen atoms in total. The first-order valence-corrected chi connectivity index (χ1v) is 6.02. The fraction of sp³-hybridized carbons (Fsp3) is 1.00. The number of rotatable bonds is 4. The molecule has 1 unspecified atom stereocenters. The summed E-state index contributed by atoms with van der Waals surface area (Å²) in [5.74, 6) is 0.772. The van der Waals surface area contributed by atoms with Crippen molar-refractivity contribution in [2.45, 2.75) is 57.5 Å². The molecule has 3 N–H and O–H groups in total. The zero-order chi connectivity index (χ0) is 10.2. The molecule has 0 amide bonds. The molecule has 0 radical (unpaired) electrons. The van der Waals surface area contributed by atoms with Crippen LogP contribution in [0, 0.1) is 11.3 Å². The molecular formula is C12H23NO. The number of hydrogen-bond acceptors (Lipinski definition) is 2. The van der Waals surface area contributed by atoms with E-state index in [4.69, 9.17) is 5.73 Å². The Morgan fingerprint density at radius 3 is 2.29 bits per heavy atom. The number of hydrogen-bond donors (Lipinski definition) is 2. The molecule has 2 aliphatic rings. The summed E-state index contributed by atoms with van der Waals surface area (Å²) in [4.78, 5) is 0. The molecule has 82 valence electrons. The standard InChI is InChI=1S/C12H23NO/c1-11(14,8-10-4-2-5-10)12(9-13)6-3-7-12/h10,14H,2-9,13H2,1H3. The van der Waals surface area contributed by atoms with Gasteiger partial charge in [-0.05, 0) is 32.1 Å². The quantitative estimate of drug-likeness (QED) is 0.724. The highest BCUT2D eigenvalue weighted by Crippen LogP contribution is 2.52. The van der Waals surface area contributed by atoms with Crippen molar-refractivity contribution in [2.24, 2.45) is 17.1 Å². The van der Waals surface area contributed by atoms with Gasteiger partial charge in [0.05, 0.1) is 5.60 Å². The summed E-state index contributed by atoms with van der Waals surface area (Å²) in [6.07, 6.45) is 8.47. The number of aliphatic hydroxyl groups is 1. The Hall–Kier alpha value is -0.0800. The Morgan fingerprint density at radius 2 is 2.00 bits per heavy atom. The Balaban J connectivity index is 1.97. The lowest BCUT2D eigenvalue weighted by molar-refractivity contribution is -0.127. The Labute approximate surface area is 86.9 Å². The van der Waals surface area contributed by atoms with Gasteiger partial charge in [0.15, 0.2) is 0 Å². The predicted molar refractivity (Wildman–Crippen MR) is 57.9 cm³/mol. The molecule has 0 saturated heterocycles. The van der Waals surface area contributed by atoms with Gasteiger partial charge in [-0.3, -0.25) is 0 Å². The molecule has 0 heterocycles. The summed E-state index contributed by atoms with van der Waals surface area (Å²) in [5.41, 5.74) is 5.38. The molecule has 2 saturated carbocycles. The van der Waals surface area contributed by atoms with E-state index in [2.05, 4.69) is 0 Å². The van der Waals surface area contributed by atoms with Crippen LogP contribution in [0.15, 0.2) is 0 Å². The zero-order valence-electron chi connectivity index (χ0n) is 9.26. The first kappa shape index (κ1) is 10.4. The van der Waals surface area contributed by atoms with Crippen LogP contribution in [0.2, 0.25) is 0 Å². The summed E-state index contributed by atoms with van der Waals surface area (Å²) >= 11 is 0. The van der Waals surface area contributed by atoms with Gasteiger partial charge in [0.1, 0.15) is 0 Å². The van der Waals surface area contributed by atoms with E-state index in [-0.39, 0.29) is 5.41 Å². The topological polar surface area (TPSA) is 46.2 Å². The van der Waals surface area contributed by atoms with Crippen LogP contribution in [-0.2, 0) is 0 Å². The third-order valence-corrected chi connectivity index (χ3v) is 4.75. The van der Waals surface area contributed by atoms with Gasteiger partial charge in [-0.1, -0.05) is 25.7 Å². The Bertz CT molecular complexity index is 199. The molecule has 2 rings (SSSR count). The minimum absolute atomic E-state index is 0.0581. The van der Waals surface area contributed by atoms with Crippen molar-refractivity contribution in [3.05, 3.63) is 0 Å². The van der Waals surface area contributed by atoms with Gasteiger partial charge in [0.25, 0.3) is 0 Å². The Morgan fingerprint density at radius 1 is 1.36 bits per heavy atom. The highest BCUT2D eigenvalue weighted by Gasteiger charge is 2.50. The van der Waals surface area contributed by atoms with Gasteiger partial charge in [0.2, 0.25) is 0 Å². The van der Waals surface area contributed by atoms with E-state index >= 15 is 0 Å². The van der Waals surface area contributed by atoms with Gasteiger partial charge >= 0.3 is 0 Å². The second kappa shape index (κ2) is 3.49. The van der Waals surface area contributed by atoms with Crippen molar-refractivity contribution in [2.75, 3.05) is 6.54 Å². The van der Waals surface area contributed by atoms with E-state index in [0.29, 0.717) is 6.54 Å². The van der Waals surface area contributed by atoms with E-state index in [1.807, 2.05) is 6.92 Å². The van der Waals surface area contributed by atoms with Gasteiger partial charge in [0, 0.05) is 12.0 Å². The molecule has 2 fully saturated rings. The molecule has 14 heavy (non-hydrogen) atoms. The van der Waals surface area contributed by atoms with Crippen molar-refractivity contribution in [3.8, 4) is 0 Å². The minimum Gasteiger partial charge on any atom is -0.390 e. The lowest BCUT2D eigenvalue weighted by Crippen LogP contribution is -2.56. The van der Waals surface area contributed by atoms with Gasteiger partial charge in [-0.2, -0.15) is 0 Å². The van der Waals surface area contributed by atoms with E-state index in [1.165, 1.54) is 25.7 Å². The lowest BCUT2D eigenvalue weighted by atomic mass is 9.56. The predicted octanol–water partition coefficient (Wildman–Crippen LogP) is 2.06. The van der Waals surface area contributed by atoms with Crippen molar-refractivity contribution >= 4 is 0 Å². The van der Waals surface area contributed by atoms with Crippen molar-refractivity contribution in [1.82, 2.24) is 0 Å². The third kappa shape index (κ3) is 1.49. The van der Waals surface area contributed by atoms with Crippen molar-refractivity contribution in [3.63, 3.8) is 0 Å². The average molecular weight is 197 g/mol. The SMILES string of the molecule is CC(O)(CC1CCC1)C1(CN)CCC1. The average Bonchev–Trinajstić information content (AvgIpc) is 1.95. The van der Waals surface area contributed by atoms with Crippen LogP contribution in [0.5, 0.6) is 0 Å². The van der Waals surface area contributed by atoms with Crippen molar-refractivity contribution < 1.29 is 5.11 Å². The molecule has 1 atom stereocenters. The molecule has 0 aromatic heterocycles. The highest BCUT2D eigenvalue weighted by atomic mass is 16.3. The summed E-state index contributed by atoms with van der Waals surface area (Å²) in [6.45, 7) is 2.67. The van der Waals surface area contributed by atoms with Crippen LogP contribution >= 0.6 is 0 Å². The van der Waals surface area contributed by atoms with Crippen molar-refractivity contribution in [1.29, 1.82) is 0 Å². The highest BCUT2D eigenvalue weighted by molar-refractivity contribution is 5.03. The van der Waals surface area contributed by atoms with E-state index in [0.717, 1.165) is 25.2 Å². The smallest absolute Gasteiger partial charge is 0.0690 e. The Kier molecular flexibility index (Phi) is 2.61. The van der Waals surface area contributed by atoms with Crippen LogP contribution in [0.25, 0.3) is 0 Å². The number of nitrogens with two attached hydrogens (primary N) is 1. The lowest BCUT2D eigenvalue weighted by Gasteiger charge is -2.53. The van der Waals surface area contributed by atoms with Crippen LogP contribution in [0.4, 0.5) is 0 Å². The minimum atomic E-state index is -0.509. The van der Waals surface area contributed by atoms with Gasteiger partial charge in [-0.15, -0.1) is 0 Å². The first-order chi connectivity index (χ1) is 6.60. The summed E-state index contributed by atoms with van der Waals surface area (Å²) in [7, 11) is 0. The second-order valence-electron chi connectivity index (χ2n) is 5.61. The molecule has 0 bridgehead atoms. The molecular weight excluding hydrogens is 174 g/mol. The van der Waals surface area contributed by atoms with Crippen LogP contribution < -0.4 is 5.73 Å². The molecule has 2 aliphatic carbocycles. The maximum atomic E-state index is 10.5. The molecule has 0 aromatic rings. The fourth-order valence-electron chi connectivity index (χ4n) is 3.04. The monoisotopic (exact) mass is 197 g/mol. The largest absolute Gasteiger partial charge is 0.390 e. The normalized spacial score (nSPS) is 30.2. The van der Waals surface area contributed by atoms with Crippen LogP contribution in [0.1, 0.15) is 51.9 Å². The van der Waals surface area contributed by atoms with Gasteiger partial charge in [-0.25, -0.2) is 0 Å². The molecule has 2 heteroatoms. The zero-order valence-corrected chi connectivity index (χ0v) is 9.26. The first-order valence-electron chi connectivity index (χ1n) is 6.02.